The van der Waals surface area contributed by atoms with Crippen LogP contribution < -0.4 is 5.56 Å². The lowest BCUT2D eigenvalue weighted by Crippen LogP contribution is -2.47. The van der Waals surface area contributed by atoms with Gasteiger partial charge in [0, 0.05) is 37.7 Å². The summed E-state index contributed by atoms with van der Waals surface area (Å²) >= 11 is 17.7. The zero-order valence-electron chi connectivity index (χ0n) is 13.0. The maximum Gasteiger partial charge on any atom is 0.288 e. The lowest BCUT2D eigenvalue weighted by molar-refractivity contribution is 0.0970. The summed E-state index contributed by atoms with van der Waals surface area (Å²) in [6, 6.07) is 7.92. The standard InChI is InChI=1S/C16H17Cl3N4O/c17-13-3-1-2-12(8-13)10-21-4-6-22(7-5-21)11-23-16(24)15(19)14(18)9-20-23/h1-3,8-9H,4-7,10-11H2. The van der Waals surface area contributed by atoms with E-state index in [0.29, 0.717) is 6.67 Å². The third-order valence-corrected chi connectivity index (χ3v) is 5.02. The van der Waals surface area contributed by atoms with Crippen molar-refractivity contribution in [2.24, 2.45) is 0 Å². The monoisotopic (exact) mass is 386 g/mol. The van der Waals surface area contributed by atoms with Crippen LogP contribution in [0.1, 0.15) is 5.56 Å². The fraction of sp³-hybridized carbons (Fsp3) is 0.375. The average Bonchev–Trinajstić information content (AvgIpc) is 2.57. The van der Waals surface area contributed by atoms with E-state index in [4.69, 9.17) is 34.8 Å². The second-order valence-electron chi connectivity index (χ2n) is 5.78. The van der Waals surface area contributed by atoms with E-state index in [1.165, 1.54) is 16.4 Å². The molecular weight excluding hydrogens is 371 g/mol. The number of hydrogen-bond donors (Lipinski definition) is 0. The van der Waals surface area contributed by atoms with Gasteiger partial charge in [0.25, 0.3) is 5.56 Å². The van der Waals surface area contributed by atoms with Crippen LogP contribution in [-0.2, 0) is 13.2 Å². The van der Waals surface area contributed by atoms with E-state index in [2.05, 4.69) is 21.0 Å². The van der Waals surface area contributed by atoms with Crippen LogP contribution in [0.2, 0.25) is 15.1 Å². The second-order valence-corrected chi connectivity index (χ2v) is 7.00. The van der Waals surface area contributed by atoms with E-state index in [0.717, 1.165) is 37.7 Å². The first-order valence-electron chi connectivity index (χ1n) is 7.63. The lowest BCUT2D eigenvalue weighted by Gasteiger charge is -2.34. The van der Waals surface area contributed by atoms with Crippen LogP contribution in [0.15, 0.2) is 35.3 Å². The predicted octanol–water partition coefficient (Wildman–Crippen LogP) is 2.98. The summed E-state index contributed by atoms with van der Waals surface area (Å²) in [5.74, 6) is 0. The van der Waals surface area contributed by atoms with Crippen LogP contribution >= 0.6 is 34.8 Å². The molecule has 1 aromatic carbocycles. The predicted molar refractivity (Wildman–Crippen MR) is 96.8 cm³/mol. The Morgan fingerprint density at radius 3 is 2.46 bits per heavy atom. The summed E-state index contributed by atoms with van der Waals surface area (Å²) in [4.78, 5) is 16.6. The number of halogens is 3. The molecule has 0 saturated carbocycles. The molecule has 0 aliphatic carbocycles. The molecule has 2 aromatic rings. The number of nitrogens with zero attached hydrogens (tertiary/aromatic N) is 4. The third kappa shape index (κ3) is 4.29. The number of rotatable bonds is 4. The molecule has 0 atom stereocenters. The summed E-state index contributed by atoms with van der Waals surface area (Å²) in [7, 11) is 0. The summed E-state index contributed by atoms with van der Waals surface area (Å²) in [5, 5.41) is 5.01. The smallest absolute Gasteiger partial charge is 0.288 e. The summed E-state index contributed by atoms with van der Waals surface area (Å²) in [5.41, 5.74) is 0.851. The Morgan fingerprint density at radius 2 is 1.75 bits per heavy atom. The molecule has 128 valence electrons. The normalized spacial score (nSPS) is 16.5. The van der Waals surface area contributed by atoms with Crippen molar-refractivity contribution < 1.29 is 0 Å². The number of aromatic nitrogens is 2. The van der Waals surface area contributed by atoms with Gasteiger partial charge in [-0.25, -0.2) is 4.68 Å². The Bertz CT molecular complexity index is 772. The fourth-order valence-corrected chi connectivity index (χ4v) is 3.20. The quantitative estimate of drug-likeness (QED) is 0.809. The SMILES string of the molecule is O=c1c(Cl)c(Cl)cnn1CN1CCN(Cc2cccc(Cl)c2)CC1. The molecule has 1 fully saturated rings. The number of benzene rings is 1. The van der Waals surface area contributed by atoms with Crippen LogP contribution in [0.25, 0.3) is 0 Å². The molecule has 1 aromatic heterocycles. The highest BCUT2D eigenvalue weighted by Crippen LogP contribution is 2.16. The van der Waals surface area contributed by atoms with Gasteiger partial charge in [-0.15, -0.1) is 0 Å². The van der Waals surface area contributed by atoms with E-state index < -0.39 is 0 Å². The molecule has 5 nitrogen and oxygen atoms in total. The van der Waals surface area contributed by atoms with Crippen LogP contribution in [0.4, 0.5) is 0 Å². The minimum absolute atomic E-state index is 0.0197. The molecule has 0 amide bonds. The lowest BCUT2D eigenvalue weighted by atomic mass is 10.2. The Balaban J connectivity index is 1.56. The molecule has 0 unspecified atom stereocenters. The van der Waals surface area contributed by atoms with Crippen molar-refractivity contribution in [2.45, 2.75) is 13.2 Å². The fourth-order valence-electron chi connectivity index (χ4n) is 2.72. The molecule has 1 aliphatic rings. The molecular formula is C16H17Cl3N4O. The zero-order chi connectivity index (χ0) is 17.1. The first kappa shape index (κ1) is 17.7. The molecule has 3 rings (SSSR count). The topological polar surface area (TPSA) is 41.4 Å². The number of piperazine rings is 1. The van der Waals surface area contributed by atoms with Crippen molar-refractivity contribution in [3.63, 3.8) is 0 Å². The molecule has 24 heavy (non-hydrogen) atoms. The van der Waals surface area contributed by atoms with Crippen LogP contribution in [0.5, 0.6) is 0 Å². The molecule has 2 heterocycles. The van der Waals surface area contributed by atoms with Gasteiger partial charge < -0.3 is 0 Å². The van der Waals surface area contributed by atoms with Gasteiger partial charge in [0.1, 0.15) is 5.02 Å². The van der Waals surface area contributed by atoms with E-state index in [1.54, 1.807) is 0 Å². The van der Waals surface area contributed by atoms with Gasteiger partial charge in [-0.2, -0.15) is 5.10 Å². The Morgan fingerprint density at radius 1 is 1.04 bits per heavy atom. The maximum absolute atomic E-state index is 12.0. The third-order valence-electron chi connectivity index (χ3n) is 4.04. The first-order chi connectivity index (χ1) is 11.5. The largest absolute Gasteiger partial charge is 0.297 e. The highest BCUT2D eigenvalue weighted by molar-refractivity contribution is 6.41. The van der Waals surface area contributed by atoms with Crippen molar-refractivity contribution in [3.05, 3.63) is 61.4 Å². The van der Waals surface area contributed by atoms with E-state index in [-0.39, 0.29) is 15.6 Å². The van der Waals surface area contributed by atoms with Gasteiger partial charge in [-0.3, -0.25) is 14.6 Å². The zero-order valence-corrected chi connectivity index (χ0v) is 15.2. The minimum atomic E-state index is -0.356. The van der Waals surface area contributed by atoms with E-state index in [1.807, 2.05) is 18.2 Å². The van der Waals surface area contributed by atoms with Crippen LogP contribution in [0, 0.1) is 0 Å². The maximum atomic E-state index is 12.0. The summed E-state index contributed by atoms with van der Waals surface area (Å²) in [6.07, 6.45) is 1.40. The van der Waals surface area contributed by atoms with Gasteiger partial charge in [0.15, 0.2) is 0 Å². The summed E-state index contributed by atoms with van der Waals surface area (Å²) in [6.45, 7) is 4.84. The van der Waals surface area contributed by atoms with Gasteiger partial charge in [-0.05, 0) is 17.7 Å². The average molecular weight is 388 g/mol. The first-order valence-corrected chi connectivity index (χ1v) is 8.76. The molecule has 8 heteroatoms. The minimum Gasteiger partial charge on any atom is -0.297 e. The van der Waals surface area contributed by atoms with Crippen molar-refractivity contribution >= 4 is 34.8 Å². The van der Waals surface area contributed by atoms with Crippen LogP contribution in [0.3, 0.4) is 0 Å². The van der Waals surface area contributed by atoms with E-state index >= 15 is 0 Å². The highest BCUT2D eigenvalue weighted by Gasteiger charge is 2.18. The van der Waals surface area contributed by atoms with Crippen molar-refractivity contribution in [3.8, 4) is 0 Å². The Kier molecular flexibility index (Phi) is 5.79. The van der Waals surface area contributed by atoms with Crippen molar-refractivity contribution in [1.29, 1.82) is 0 Å². The Labute approximate surface area is 155 Å². The van der Waals surface area contributed by atoms with Gasteiger partial charge in [0.2, 0.25) is 0 Å². The Hall–Kier alpha value is -1.11. The molecule has 1 saturated heterocycles. The van der Waals surface area contributed by atoms with Gasteiger partial charge in [0.05, 0.1) is 17.9 Å². The van der Waals surface area contributed by atoms with Crippen molar-refractivity contribution in [1.82, 2.24) is 19.6 Å². The molecule has 0 N–H and O–H groups in total. The number of hydrogen-bond acceptors (Lipinski definition) is 4. The molecule has 0 radical (unpaired) electrons. The molecule has 1 aliphatic heterocycles. The van der Waals surface area contributed by atoms with Gasteiger partial charge in [-0.1, -0.05) is 46.9 Å². The van der Waals surface area contributed by atoms with Crippen molar-refractivity contribution in [2.75, 3.05) is 26.2 Å². The van der Waals surface area contributed by atoms with Crippen LogP contribution in [-0.4, -0.2) is 45.8 Å². The summed E-state index contributed by atoms with van der Waals surface area (Å²) < 4.78 is 1.35. The van der Waals surface area contributed by atoms with E-state index in [9.17, 15) is 4.79 Å². The highest BCUT2D eigenvalue weighted by atomic mass is 35.5. The second kappa shape index (κ2) is 7.85. The molecule has 0 bridgehead atoms. The molecule has 0 spiro atoms. The van der Waals surface area contributed by atoms with Gasteiger partial charge >= 0.3 is 0 Å².